The fraction of sp³-hybridized carbons (Fsp3) is 0.286. The smallest absolute Gasteiger partial charge is 0.118 e. The van der Waals surface area contributed by atoms with E-state index in [0.29, 0.717) is 0 Å². The van der Waals surface area contributed by atoms with Gasteiger partial charge in [0, 0.05) is 12.7 Å². The van der Waals surface area contributed by atoms with Gasteiger partial charge in [-0.3, -0.25) is 0 Å². The number of hydrogen-bond acceptors (Lipinski definition) is 2. The third-order valence-electron chi connectivity index (χ3n) is 2.84. The van der Waals surface area contributed by atoms with Crippen LogP contribution in [0.1, 0.15) is 19.4 Å². The summed E-state index contributed by atoms with van der Waals surface area (Å²) in [6.07, 6.45) is 0. The molecule has 0 bridgehead atoms. The van der Waals surface area contributed by atoms with Crippen LogP contribution < -0.4 is 10.1 Å². The van der Waals surface area contributed by atoms with Gasteiger partial charge in [-0.1, -0.05) is 18.7 Å². The van der Waals surface area contributed by atoms with Crippen LogP contribution in [0.5, 0.6) is 5.75 Å². The Kier molecular flexibility index (Phi) is 4.18. The summed E-state index contributed by atoms with van der Waals surface area (Å²) in [6, 6.07) is 8.05. The number of nitrogens with one attached hydrogen (secondary N) is 1. The Labute approximate surface area is 97.6 Å². The molecule has 16 heavy (non-hydrogen) atoms. The maximum Gasteiger partial charge on any atom is 0.118 e. The molecule has 1 aromatic rings. The van der Waals surface area contributed by atoms with Crippen LogP contribution >= 0.6 is 0 Å². The molecule has 1 N–H and O–H groups in total. The van der Waals surface area contributed by atoms with Gasteiger partial charge < -0.3 is 10.1 Å². The average Bonchev–Trinajstić information content (AvgIpc) is 2.36. The molecule has 0 aliphatic rings. The molecule has 0 atom stereocenters. The number of allylic oxidation sites excluding steroid dienone is 2. The van der Waals surface area contributed by atoms with Crippen LogP contribution in [0.25, 0.3) is 5.57 Å². The van der Waals surface area contributed by atoms with Crippen LogP contribution in [0.2, 0.25) is 0 Å². The normalized spacial score (nSPS) is 11.8. The first-order valence-electron chi connectivity index (χ1n) is 5.29. The van der Waals surface area contributed by atoms with Gasteiger partial charge in [-0.25, -0.2) is 0 Å². The summed E-state index contributed by atoms with van der Waals surface area (Å²) in [5, 5.41) is 3.06. The van der Waals surface area contributed by atoms with Crippen LogP contribution in [-0.2, 0) is 0 Å². The number of ether oxygens (including phenoxy) is 1. The first kappa shape index (κ1) is 12.4. The number of hydrogen-bond donors (Lipinski definition) is 1. The van der Waals surface area contributed by atoms with E-state index < -0.39 is 0 Å². The Morgan fingerprint density at radius 1 is 1.19 bits per heavy atom. The molecule has 2 heteroatoms. The molecule has 0 amide bonds. The SMILES string of the molecule is C=C(NC)/C(C)=C(/C)c1ccc(OC)cc1. The zero-order chi connectivity index (χ0) is 12.1. The second-order valence-corrected chi connectivity index (χ2v) is 3.71. The monoisotopic (exact) mass is 217 g/mol. The van der Waals surface area contributed by atoms with E-state index in [2.05, 4.69) is 37.9 Å². The molecule has 0 aliphatic carbocycles. The van der Waals surface area contributed by atoms with Crippen molar-refractivity contribution < 1.29 is 4.74 Å². The highest BCUT2D eigenvalue weighted by atomic mass is 16.5. The Morgan fingerprint density at radius 3 is 2.19 bits per heavy atom. The lowest BCUT2D eigenvalue weighted by atomic mass is 10.0. The minimum Gasteiger partial charge on any atom is -0.497 e. The predicted octanol–water partition coefficient (Wildman–Crippen LogP) is 3.22. The Balaban J connectivity index is 3.03. The molecule has 0 aliphatic heterocycles. The van der Waals surface area contributed by atoms with Crippen LogP contribution in [0.3, 0.4) is 0 Å². The van der Waals surface area contributed by atoms with E-state index in [1.807, 2.05) is 19.2 Å². The zero-order valence-electron chi connectivity index (χ0n) is 10.4. The fourth-order valence-corrected chi connectivity index (χ4v) is 1.47. The van der Waals surface area contributed by atoms with Crippen LogP contribution in [0.4, 0.5) is 0 Å². The maximum absolute atomic E-state index is 5.13. The maximum atomic E-state index is 5.13. The van der Waals surface area contributed by atoms with Gasteiger partial charge in [-0.05, 0) is 42.7 Å². The van der Waals surface area contributed by atoms with Gasteiger partial charge in [0.25, 0.3) is 0 Å². The summed E-state index contributed by atoms with van der Waals surface area (Å²) in [5.41, 5.74) is 4.54. The summed E-state index contributed by atoms with van der Waals surface area (Å²) in [5.74, 6) is 0.877. The van der Waals surface area contributed by atoms with E-state index in [9.17, 15) is 0 Å². The lowest BCUT2D eigenvalue weighted by Gasteiger charge is -2.11. The highest BCUT2D eigenvalue weighted by Gasteiger charge is 2.03. The molecule has 0 fully saturated rings. The molecule has 0 saturated heterocycles. The Morgan fingerprint density at radius 2 is 1.75 bits per heavy atom. The van der Waals surface area contributed by atoms with Crippen molar-refractivity contribution in [3.8, 4) is 5.75 Å². The van der Waals surface area contributed by atoms with Crippen molar-refractivity contribution in [2.45, 2.75) is 13.8 Å². The van der Waals surface area contributed by atoms with Gasteiger partial charge in [-0.2, -0.15) is 0 Å². The minimum atomic E-state index is 0.877. The summed E-state index contributed by atoms with van der Waals surface area (Å²) in [6.45, 7) is 8.12. The standard InChI is InChI=1S/C14H19NO/c1-10(12(3)15-4)11(2)13-6-8-14(16-5)9-7-13/h6-9,15H,3H2,1-2,4-5H3/b11-10-. The number of benzene rings is 1. The Bertz CT molecular complexity index is 401. The Hall–Kier alpha value is -1.70. The highest BCUT2D eigenvalue weighted by molar-refractivity contribution is 5.70. The first-order valence-corrected chi connectivity index (χ1v) is 5.29. The minimum absolute atomic E-state index is 0.877. The molecular formula is C14H19NO. The fourth-order valence-electron chi connectivity index (χ4n) is 1.47. The van der Waals surface area contributed by atoms with E-state index in [1.165, 1.54) is 16.7 Å². The second kappa shape index (κ2) is 5.40. The largest absolute Gasteiger partial charge is 0.497 e. The van der Waals surface area contributed by atoms with Crippen molar-refractivity contribution in [1.29, 1.82) is 0 Å². The zero-order valence-corrected chi connectivity index (χ0v) is 10.4. The summed E-state index contributed by atoms with van der Waals surface area (Å²) >= 11 is 0. The van der Waals surface area contributed by atoms with Crippen molar-refractivity contribution >= 4 is 5.57 Å². The molecule has 0 spiro atoms. The van der Waals surface area contributed by atoms with Gasteiger partial charge >= 0.3 is 0 Å². The molecule has 86 valence electrons. The molecule has 0 radical (unpaired) electrons. The third-order valence-corrected chi connectivity index (χ3v) is 2.84. The van der Waals surface area contributed by atoms with Crippen LogP contribution in [0, 0.1) is 0 Å². The number of rotatable bonds is 4. The topological polar surface area (TPSA) is 21.3 Å². The molecule has 0 aromatic heterocycles. The van der Waals surface area contributed by atoms with Gasteiger partial charge in [0.15, 0.2) is 0 Å². The average molecular weight is 217 g/mol. The molecule has 1 aromatic carbocycles. The van der Waals surface area contributed by atoms with Crippen molar-refractivity contribution in [1.82, 2.24) is 5.32 Å². The molecule has 0 heterocycles. The van der Waals surface area contributed by atoms with Crippen molar-refractivity contribution in [2.24, 2.45) is 0 Å². The lowest BCUT2D eigenvalue weighted by molar-refractivity contribution is 0.415. The van der Waals surface area contributed by atoms with Gasteiger partial charge in [0.1, 0.15) is 5.75 Å². The predicted molar refractivity (Wildman–Crippen MR) is 69.5 cm³/mol. The van der Waals surface area contributed by atoms with Crippen LogP contribution in [-0.4, -0.2) is 14.2 Å². The van der Waals surface area contributed by atoms with Crippen molar-refractivity contribution in [2.75, 3.05) is 14.2 Å². The highest BCUT2D eigenvalue weighted by Crippen LogP contribution is 2.23. The second-order valence-electron chi connectivity index (χ2n) is 3.71. The summed E-state index contributed by atoms with van der Waals surface area (Å²) in [4.78, 5) is 0. The number of likely N-dealkylation sites (N-methyl/N-ethyl adjacent to an activating group) is 1. The van der Waals surface area contributed by atoms with Gasteiger partial charge in [0.2, 0.25) is 0 Å². The molecular weight excluding hydrogens is 198 g/mol. The van der Waals surface area contributed by atoms with Crippen molar-refractivity contribution in [3.63, 3.8) is 0 Å². The summed E-state index contributed by atoms with van der Waals surface area (Å²) < 4.78 is 5.13. The summed E-state index contributed by atoms with van der Waals surface area (Å²) in [7, 11) is 3.55. The van der Waals surface area contributed by atoms with Gasteiger partial charge in [-0.15, -0.1) is 0 Å². The van der Waals surface area contributed by atoms with E-state index in [4.69, 9.17) is 4.74 Å². The van der Waals surface area contributed by atoms with Crippen molar-refractivity contribution in [3.05, 3.63) is 47.7 Å². The molecule has 0 unspecified atom stereocenters. The molecule has 0 saturated carbocycles. The molecule has 2 nitrogen and oxygen atoms in total. The van der Waals surface area contributed by atoms with Crippen LogP contribution in [0.15, 0.2) is 42.1 Å². The van der Waals surface area contributed by atoms with Gasteiger partial charge in [0.05, 0.1) is 7.11 Å². The van der Waals surface area contributed by atoms with E-state index in [1.54, 1.807) is 7.11 Å². The van der Waals surface area contributed by atoms with E-state index in [0.717, 1.165) is 11.4 Å². The quantitative estimate of drug-likeness (QED) is 0.782. The van der Waals surface area contributed by atoms with E-state index in [-0.39, 0.29) is 0 Å². The third kappa shape index (κ3) is 2.66. The first-order chi connectivity index (χ1) is 7.60. The lowest BCUT2D eigenvalue weighted by Crippen LogP contribution is -2.06. The molecule has 1 rings (SSSR count). The van der Waals surface area contributed by atoms with E-state index >= 15 is 0 Å². The number of methoxy groups -OCH3 is 1.